The monoisotopic (exact) mass is 463 g/mol. The third-order valence-electron chi connectivity index (χ3n) is 4.62. The van der Waals surface area contributed by atoms with Crippen LogP contribution in [-0.2, 0) is 6.54 Å². The van der Waals surface area contributed by atoms with Crippen LogP contribution in [0.15, 0.2) is 87.8 Å². The van der Waals surface area contributed by atoms with Crippen LogP contribution in [0.4, 0.5) is 10.1 Å². The zero-order chi connectivity index (χ0) is 23.2. The minimum Gasteiger partial charge on any atom is -0.439 e. The second kappa shape index (κ2) is 10.1. The van der Waals surface area contributed by atoms with Crippen molar-refractivity contribution in [2.24, 2.45) is 9.98 Å². The van der Waals surface area contributed by atoms with Gasteiger partial charge in [0.1, 0.15) is 11.6 Å². The van der Waals surface area contributed by atoms with E-state index >= 15 is 0 Å². The van der Waals surface area contributed by atoms with Crippen LogP contribution < -0.4 is 15.9 Å². The van der Waals surface area contributed by atoms with Gasteiger partial charge < -0.3 is 9.72 Å². The fourth-order valence-electron chi connectivity index (χ4n) is 3.03. The number of hydrogen-bond donors (Lipinski definition) is 1. The van der Waals surface area contributed by atoms with Crippen molar-refractivity contribution in [2.75, 3.05) is 7.05 Å². The lowest BCUT2D eigenvalue weighted by Crippen LogP contribution is -2.37. The number of pyridine rings is 1. The first-order chi connectivity index (χ1) is 16.0. The van der Waals surface area contributed by atoms with Gasteiger partial charge in [-0.3, -0.25) is 14.4 Å². The average Bonchev–Trinajstić information content (AvgIpc) is 2.82. The van der Waals surface area contributed by atoms with Crippen molar-refractivity contribution in [2.45, 2.75) is 6.54 Å². The van der Waals surface area contributed by atoms with Crippen LogP contribution in [0.3, 0.4) is 0 Å². The summed E-state index contributed by atoms with van der Waals surface area (Å²) in [5.41, 5.74) is 2.06. The highest BCUT2D eigenvalue weighted by atomic mass is 35.5. The van der Waals surface area contributed by atoms with E-state index in [2.05, 4.69) is 20.0 Å². The number of aliphatic imine (C=N–C) groups is 1. The van der Waals surface area contributed by atoms with Crippen molar-refractivity contribution < 1.29 is 9.13 Å². The summed E-state index contributed by atoms with van der Waals surface area (Å²) in [4.78, 5) is 28.5. The molecule has 4 aromatic rings. The predicted molar refractivity (Wildman–Crippen MR) is 125 cm³/mol. The number of aromatic amines is 1. The molecule has 1 N–H and O–H groups in total. The molecule has 0 amide bonds. The molecule has 166 valence electrons. The number of rotatable bonds is 6. The number of ether oxygens (including phenoxy) is 1. The van der Waals surface area contributed by atoms with Crippen molar-refractivity contribution >= 4 is 23.5 Å². The number of halogens is 2. The van der Waals surface area contributed by atoms with E-state index in [1.54, 1.807) is 49.6 Å². The Morgan fingerprint density at radius 1 is 1.12 bits per heavy atom. The maximum absolute atomic E-state index is 13.0. The molecule has 0 aliphatic carbocycles. The first-order valence-corrected chi connectivity index (χ1v) is 10.3. The van der Waals surface area contributed by atoms with Gasteiger partial charge in [0, 0.05) is 30.5 Å². The minimum absolute atomic E-state index is 0.226. The summed E-state index contributed by atoms with van der Waals surface area (Å²) in [5.74, 6) is 0.359. The van der Waals surface area contributed by atoms with E-state index < -0.39 is 5.82 Å². The second-order valence-corrected chi connectivity index (χ2v) is 7.43. The maximum Gasteiger partial charge on any atom is 0.263 e. The van der Waals surface area contributed by atoms with Gasteiger partial charge in [-0.25, -0.2) is 14.4 Å². The van der Waals surface area contributed by atoms with E-state index in [4.69, 9.17) is 16.3 Å². The number of H-pyrrole nitrogens is 1. The minimum atomic E-state index is -0.436. The molecule has 2 aromatic heterocycles. The molecule has 0 saturated heterocycles. The largest absolute Gasteiger partial charge is 0.439 e. The summed E-state index contributed by atoms with van der Waals surface area (Å²) >= 11 is 5.98. The molecule has 0 spiro atoms. The van der Waals surface area contributed by atoms with E-state index in [1.165, 1.54) is 22.9 Å². The number of benzene rings is 2. The Hall–Kier alpha value is -4.04. The van der Waals surface area contributed by atoms with Gasteiger partial charge in [-0.05, 0) is 48.0 Å². The summed E-state index contributed by atoms with van der Waals surface area (Å²) in [7, 11) is 1.60. The van der Waals surface area contributed by atoms with E-state index in [9.17, 15) is 9.18 Å². The average molecular weight is 464 g/mol. The molecular formula is C24H19ClFN5O2. The number of aromatic nitrogens is 3. The van der Waals surface area contributed by atoms with Crippen LogP contribution in [0.5, 0.6) is 11.6 Å². The molecule has 0 aliphatic heterocycles. The molecule has 0 unspecified atom stereocenters. The molecule has 2 aromatic carbocycles. The smallest absolute Gasteiger partial charge is 0.263 e. The third kappa shape index (κ3) is 5.61. The Balaban J connectivity index is 1.67. The van der Waals surface area contributed by atoms with Gasteiger partial charge in [-0.15, -0.1) is 0 Å². The second-order valence-electron chi connectivity index (χ2n) is 7.00. The zero-order valence-electron chi connectivity index (χ0n) is 17.6. The van der Waals surface area contributed by atoms with E-state index in [0.29, 0.717) is 34.2 Å². The van der Waals surface area contributed by atoms with Crippen molar-refractivity contribution in [1.29, 1.82) is 0 Å². The van der Waals surface area contributed by atoms with E-state index in [-0.39, 0.29) is 11.4 Å². The Kier molecular flexibility index (Phi) is 6.75. The predicted octanol–water partition coefficient (Wildman–Crippen LogP) is 4.49. The van der Waals surface area contributed by atoms with Crippen LogP contribution >= 0.6 is 11.6 Å². The summed E-state index contributed by atoms with van der Waals surface area (Å²) in [5, 5.41) is 0.618. The normalized spacial score (nSPS) is 11.8. The van der Waals surface area contributed by atoms with Crippen LogP contribution in [0, 0.1) is 5.82 Å². The first kappa shape index (κ1) is 22.2. The molecule has 33 heavy (non-hydrogen) atoms. The van der Waals surface area contributed by atoms with Gasteiger partial charge in [0.2, 0.25) is 11.5 Å². The van der Waals surface area contributed by atoms with E-state index in [0.717, 1.165) is 11.8 Å². The summed E-state index contributed by atoms with van der Waals surface area (Å²) in [6, 6.07) is 16.9. The molecule has 0 fully saturated rings. The van der Waals surface area contributed by atoms with Gasteiger partial charge in [0.25, 0.3) is 5.56 Å². The molecule has 0 atom stereocenters. The van der Waals surface area contributed by atoms with Gasteiger partial charge in [0.05, 0.1) is 24.0 Å². The summed E-state index contributed by atoms with van der Waals surface area (Å²) < 4.78 is 20.1. The number of hydrogen-bond acceptors (Lipinski definition) is 5. The van der Waals surface area contributed by atoms with Gasteiger partial charge in [-0.1, -0.05) is 23.7 Å². The number of nitrogens with one attached hydrogen (secondary N) is 1. The molecule has 0 aliphatic rings. The quantitative estimate of drug-likeness (QED) is 0.428. The standard InChI is InChI=1S/C24H19ClFN5O2/c1-27-12-17-13-29-24(31(23(17)32)15-16-2-4-18(25)5-3-16)30-20-7-9-21(10-8-20)33-22-11-6-19(26)14-28-22/h2-14H,15H2,1H3,(H,29,30)/b27-12+. The fraction of sp³-hybridized carbons (Fsp3) is 0.0833. The molecule has 0 bridgehead atoms. The molecule has 4 rings (SSSR count). The maximum atomic E-state index is 13.0. The molecular weight excluding hydrogens is 445 g/mol. The number of nitrogens with zero attached hydrogens (tertiary/aromatic N) is 4. The van der Waals surface area contributed by atoms with Crippen LogP contribution in [0.1, 0.15) is 11.1 Å². The Morgan fingerprint density at radius 3 is 2.55 bits per heavy atom. The van der Waals surface area contributed by atoms with Crippen molar-refractivity contribution in [3.8, 4) is 11.6 Å². The lowest BCUT2D eigenvalue weighted by Gasteiger charge is -2.09. The van der Waals surface area contributed by atoms with Crippen LogP contribution in [0.25, 0.3) is 0 Å². The van der Waals surface area contributed by atoms with Crippen molar-refractivity contribution in [3.63, 3.8) is 0 Å². The lowest BCUT2D eigenvalue weighted by atomic mass is 10.2. The van der Waals surface area contributed by atoms with Gasteiger partial charge >= 0.3 is 0 Å². The summed E-state index contributed by atoms with van der Waals surface area (Å²) in [6.07, 6.45) is 4.16. The van der Waals surface area contributed by atoms with Crippen molar-refractivity contribution in [3.05, 3.63) is 111 Å². The van der Waals surface area contributed by atoms with Gasteiger partial charge in [0.15, 0.2) is 0 Å². The zero-order valence-corrected chi connectivity index (χ0v) is 18.3. The molecule has 2 heterocycles. The SMILES string of the molecule is C/N=C/c1c[nH]/c(=N\c2ccc(Oc3ccc(F)cn3)cc2)n(Cc2ccc(Cl)cc2)c1=O. The first-order valence-electron chi connectivity index (χ1n) is 9.95. The highest BCUT2D eigenvalue weighted by molar-refractivity contribution is 6.30. The van der Waals surface area contributed by atoms with Crippen molar-refractivity contribution in [1.82, 2.24) is 14.5 Å². The van der Waals surface area contributed by atoms with Gasteiger partial charge in [-0.2, -0.15) is 0 Å². The molecule has 0 radical (unpaired) electrons. The molecule has 9 heteroatoms. The summed E-state index contributed by atoms with van der Waals surface area (Å²) in [6.45, 7) is 0.300. The van der Waals surface area contributed by atoms with Crippen LogP contribution in [0.2, 0.25) is 5.02 Å². The molecule has 7 nitrogen and oxygen atoms in total. The van der Waals surface area contributed by atoms with Crippen LogP contribution in [-0.4, -0.2) is 27.8 Å². The third-order valence-corrected chi connectivity index (χ3v) is 4.87. The Bertz CT molecular complexity index is 1390. The fourth-order valence-corrected chi connectivity index (χ4v) is 3.16. The highest BCUT2D eigenvalue weighted by Gasteiger charge is 2.07. The topological polar surface area (TPSA) is 84.6 Å². The van der Waals surface area contributed by atoms with E-state index in [1.807, 2.05) is 12.1 Å². The lowest BCUT2D eigenvalue weighted by molar-refractivity contribution is 0.459. The Labute approximate surface area is 193 Å². The highest BCUT2D eigenvalue weighted by Crippen LogP contribution is 2.22. The molecule has 0 saturated carbocycles. The Morgan fingerprint density at radius 2 is 1.88 bits per heavy atom.